The molecule has 9 heteroatoms. The Morgan fingerprint density at radius 1 is 1.00 bits per heavy atom. The number of rotatable bonds is 11. The lowest BCUT2D eigenvalue weighted by Gasteiger charge is -2.29. The summed E-state index contributed by atoms with van der Waals surface area (Å²) < 4.78 is 26.3. The van der Waals surface area contributed by atoms with E-state index in [9.17, 15) is 22.8 Å². The molecule has 1 aliphatic rings. The van der Waals surface area contributed by atoms with E-state index in [0.29, 0.717) is 19.5 Å². The summed E-state index contributed by atoms with van der Waals surface area (Å²) in [5, 5.41) is 2.88. The standard InChI is InChI=1S/C26H33N3O5S/c1-19(2)18-27-25(31)20(3)28(17-15-21-10-5-4-6-11-21)24(30)14-9-16-29-26(32)22-12-7-8-13-23(22)35(29,33)34/h4-8,10-13,19-20H,9,14-18H2,1-3H3,(H,27,31)/t20-/m1/s1. The van der Waals surface area contributed by atoms with Crippen LogP contribution in [0.25, 0.3) is 0 Å². The third-order valence-corrected chi connectivity index (χ3v) is 7.84. The van der Waals surface area contributed by atoms with Crippen LogP contribution in [0.2, 0.25) is 0 Å². The molecule has 35 heavy (non-hydrogen) atoms. The van der Waals surface area contributed by atoms with Crippen LogP contribution in [0.3, 0.4) is 0 Å². The van der Waals surface area contributed by atoms with Crippen LogP contribution in [-0.2, 0) is 26.0 Å². The van der Waals surface area contributed by atoms with Crippen molar-refractivity contribution in [2.45, 2.75) is 51.0 Å². The van der Waals surface area contributed by atoms with E-state index in [1.54, 1.807) is 19.1 Å². The van der Waals surface area contributed by atoms with E-state index in [1.807, 2.05) is 44.2 Å². The highest BCUT2D eigenvalue weighted by Gasteiger charge is 2.40. The van der Waals surface area contributed by atoms with Gasteiger partial charge in [0.1, 0.15) is 10.9 Å². The van der Waals surface area contributed by atoms with Crippen molar-refractivity contribution < 1.29 is 22.8 Å². The third kappa shape index (κ3) is 6.28. The van der Waals surface area contributed by atoms with Crippen molar-refractivity contribution in [1.82, 2.24) is 14.5 Å². The number of hydrogen-bond donors (Lipinski definition) is 1. The van der Waals surface area contributed by atoms with Crippen LogP contribution in [-0.4, -0.2) is 61.0 Å². The van der Waals surface area contributed by atoms with Crippen molar-refractivity contribution in [1.29, 1.82) is 0 Å². The molecule has 2 aromatic carbocycles. The molecule has 1 heterocycles. The summed E-state index contributed by atoms with van der Waals surface area (Å²) >= 11 is 0. The lowest BCUT2D eigenvalue weighted by Crippen LogP contribution is -2.49. The predicted molar refractivity (Wildman–Crippen MR) is 133 cm³/mol. The maximum Gasteiger partial charge on any atom is 0.269 e. The summed E-state index contributed by atoms with van der Waals surface area (Å²) in [6, 6.07) is 15.1. The number of nitrogens with zero attached hydrogens (tertiary/aromatic N) is 2. The number of sulfonamides is 1. The number of hydrogen-bond acceptors (Lipinski definition) is 5. The van der Waals surface area contributed by atoms with Gasteiger partial charge >= 0.3 is 0 Å². The number of carbonyl (C=O) groups excluding carboxylic acids is 3. The van der Waals surface area contributed by atoms with Crippen molar-refractivity contribution in [3.63, 3.8) is 0 Å². The van der Waals surface area contributed by atoms with Gasteiger partial charge in [-0.1, -0.05) is 56.3 Å². The molecule has 1 atom stereocenters. The summed E-state index contributed by atoms with van der Waals surface area (Å²) in [6.07, 6.45) is 0.773. The van der Waals surface area contributed by atoms with Crippen LogP contribution in [0, 0.1) is 5.92 Å². The Bertz CT molecular complexity index is 1160. The van der Waals surface area contributed by atoms with Gasteiger partial charge in [0.05, 0.1) is 5.56 Å². The minimum atomic E-state index is -3.91. The van der Waals surface area contributed by atoms with Gasteiger partial charge in [-0.15, -0.1) is 0 Å². The van der Waals surface area contributed by atoms with Gasteiger partial charge in [-0.05, 0) is 43.4 Å². The Hall–Kier alpha value is -3.20. The van der Waals surface area contributed by atoms with Gasteiger partial charge in [0.2, 0.25) is 11.8 Å². The number of fused-ring (bicyclic) bond motifs is 1. The summed E-state index contributed by atoms with van der Waals surface area (Å²) in [5.74, 6) is -0.776. The molecule has 1 N–H and O–H groups in total. The van der Waals surface area contributed by atoms with Crippen molar-refractivity contribution in [3.05, 3.63) is 65.7 Å². The van der Waals surface area contributed by atoms with Gasteiger partial charge in [0.15, 0.2) is 0 Å². The van der Waals surface area contributed by atoms with E-state index in [0.717, 1.165) is 9.87 Å². The lowest BCUT2D eigenvalue weighted by molar-refractivity contribution is -0.140. The normalized spacial score (nSPS) is 15.1. The Kier molecular flexibility index (Phi) is 8.67. The molecule has 188 valence electrons. The second-order valence-electron chi connectivity index (χ2n) is 9.12. The van der Waals surface area contributed by atoms with Crippen molar-refractivity contribution >= 4 is 27.7 Å². The van der Waals surface area contributed by atoms with E-state index >= 15 is 0 Å². The van der Waals surface area contributed by atoms with Crippen LogP contribution in [0.4, 0.5) is 0 Å². The van der Waals surface area contributed by atoms with Crippen molar-refractivity contribution in [2.75, 3.05) is 19.6 Å². The molecule has 0 aliphatic carbocycles. The monoisotopic (exact) mass is 499 g/mol. The summed E-state index contributed by atoms with van der Waals surface area (Å²) in [6.45, 7) is 6.46. The van der Waals surface area contributed by atoms with Crippen LogP contribution >= 0.6 is 0 Å². The minimum absolute atomic E-state index is 0.00346. The van der Waals surface area contributed by atoms with Gasteiger partial charge in [-0.3, -0.25) is 14.4 Å². The fraction of sp³-hybridized carbons (Fsp3) is 0.423. The molecule has 2 aromatic rings. The average Bonchev–Trinajstić information content (AvgIpc) is 3.03. The molecule has 3 rings (SSSR count). The third-order valence-electron chi connectivity index (χ3n) is 6.00. The minimum Gasteiger partial charge on any atom is -0.354 e. The quantitative estimate of drug-likeness (QED) is 0.512. The molecule has 0 spiro atoms. The Labute approximate surface area is 207 Å². The molecule has 1 aliphatic heterocycles. The Morgan fingerprint density at radius 3 is 2.31 bits per heavy atom. The number of amides is 3. The largest absolute Gasteiger partial charge is 0.354 e. The van der Waals surface area contributed by atoms with Crippen LogP contribution in [0.15, 0.2) is 59.5 Å². The average molecular weight is 500 g/mol. The summed E-state index contributed by atoms with van der Waals surface area (Å²) in [4.78, 5) is 40.0. The highest BCUT2D eigenvalue weighted by atomic mass is 32.2. The maximum atomic E-state index is 13.2. The van der Waals surface area contributed by atoms with Crippen LogP contribution in [0.5, 0.6) is 0 Å². The zero-order valence-electron chi connectivity index (χ0n) is 20.4. The maximum absolute atomic E-state index is 13.2. The summed E-state index contributed by atoms with van der Waals surface area (Å²) in [5.41, 5.74) is 1.20. The smallest absolute Gasteiger partial charge is 0.269 e. The molecule has 0 bridgehead atoms. The van der Waals surface area contributed by atoms with Crippen LogP contribution < -0.4 is 5.32 Å². The molecular formula is C26H33N3O5S. The fourth-order valence-corrected chi connectivity index (χ4v) is 5.60. The van der Waals surface area contributed by atoms with Gasteiger partial charge in [-0.2, -0.15) is 0 Å². The van der Waals surface area contributed by atoms with E-state index < -0.39 is 22.0 Å². The second kappa shape index (κ2) is 11.5. The van der Waals surface area contributed by atoms with Crippen LogP contribution in [0.1, 0.15) is 49.5 Å². The molecule has 0 radical (unpaired) electrons. The van der Waals surface area contributed by atoms with Gasteiger partial charge in [-0.25, -0.2) is 12.7 Å². The molecule has 0 saturated heterocycles. The van der Waals surface area contributed by atoms with E-state index in [2.05, 4.69) is 5.32 Å². The molecule has 3 amide bonds. The highest BCUT2D eigenvalue weighted by molar-refractivity contribution is 7.90. The molecular weight excluding hydrogens is 466 g/mol. The number of nitrogens with one attached hydrogen (secondary N) is 1. The first-order chi connectivity index (χ1) is 16.6. The lowest BCUT2D eigenvalue weighted by atomic mass is 10.1. The van der Waals surface area contributed by atoms with E-state index in [1.165, 1.54) is 17.0 Å². The van der Waals surface area contributed by atoms with Gasteiger partial charge < -0.3 is 10.2 Å². The van der Waals surface area contributed by atoms with Crippen molar-refractivity contribution in [2.24, 2.45) is 5.92 Å². The zero-order chi connectivity index (χ0) is 25.6. The van der Waals surface area contributed by atoms with Gasteiger partial charge in [0.25, 0.3) is 15.9 Å². The molecule has 8 nitrogen and oxygen atoms in total. The SMILES string of the molecule is CC(C)CNC(=O)[C@@H](C)N(CCc1ccccc1)C(=O)CCCN1C(=O)c2ccccc2S1(=O)=O. The topological polar surface area (TPSA) is 104 Å². The summed E-state index contributed by atoms with van der Waals surface area (Å²) in [7, 11) is -3.91. The molecule has 0 fully saturated rings. The number of benzene rings is 2. The first-order valence-corrected chi connectivity index (χ1v) is 13.3. The fourth-order valence-electron chi connectivity index (χ4n) is 3.99. The Balaban J connectivity index is 1.65. The second-order valence-corrected chi connectivity index (χ2v) is 11.0. The molecule has 0 unspecified atom stereocenters. The Morgan fingerprint density at radius 2 is 1.66 bits per heavy atom. The van der Waals surface area contributed by atoms with E-state index in [4.69, 9.17) is 0 Å². The molecule has 0 aromatic heterocycles. The van der Waals surface area contributed by atoms with Crippen molar-refractivity contribution in [3.8, 4) is 0 Å². The van der Waals surface area contributed by atoms with E-state index in [-0.39, 0.29) is 47.6 Å². The highest BCUT2D eigenvalue weighted by Crippen LogP contribution is 2.30. The predicted octanol–water partition coefficient (Wildman–Crippen LogP) is 2.84. The first kappa shape index (κ1) is 26.4. The molecule has 0 saturated carbocycles. The zero-order valence-corrected chi connectivity index (χ0v) is 21.3. The number of carbonyl (C=O) groups is 3. The first-order valence-electron chi connectivity index (χ1n) is 11.9. The van der Waals surface area contributed by atoms with Gasteiger partial charge in [0, 0.05) is 26.1 Å².